The molecule has 170 valence electrons. The van der Waals surface area contributed by atoms with Crippen molar-refractivity contribution in [1.82, 2.24) is 14.5 Å². The molecule has 0 amide bonds. The second-order valence-corrected chi connectivity index (χ2v) is 9.15. The van der Waals surface area contributed by atoms with Crippen molar-refractivity contribution in [2.75, 3.05) is 0 Å². The highest BCUT2D eigenvalue weighted by Gasteiger charge is 2.17. The standard InChI is InChI=1S/C28H29Cl2N3/c1-2-3-16-33-26(18-31-28(33)23-12-8-5-9-13-23)21-32(19-22-10-6-4-7-11-22)20-24-14-15-25(29)17-27(24)30/h4-15,17-18H,2-3,16,19-21H2,1H3. The smallest absolute Gasteiger partial charge is 0.140 e. The van der Waals surface area contributed by atoms with Gasteiger partial charge in [0.05, 0.1) is 11.9 Å². The van der Waals surface area contributed by atoms with Crippen LogP contribution in [0.5, 0.6) is 0 Å². The van der Waals surface area contributed by atoms with E-state index in [-0.39, 0.29) is 0 Å². The van der Waals surface area contributed by atoms with Crippen LogP contribution in [0.3, 0.4) is 0 Å². The summed E-state index contributed by atoms with van der Waals surface area (Å²) in [6, 6.07) is 26.7. The minimum atomic E-state index is 0.656. The van der Waals surface area contributed by atoms with Crippen molar-refractivity contribution in [2.45, 2.75) is 45.9 Å². The Morgan fingerprint density at radius 1 is 0.848 bits per heavy atom. The molecule has 0 spiro atoms. The van der Waals surface area contributed by atoms with Crippen LogP contribution in [0.2, 0.25) is 10.0 Å². The molecule has 33 heavy (non-hydrogen) atoms. The molecule has 4 rings (SSSR count). The molecule has 1 aromatic heterocycles. The molecule has 3 nitrogen and oxygen atoms in total. The van der Waals surface area contributed by atoms with E-state index in [1.807, 2.05) is 30.5 Å². The summed E-state index contributed by atoms with van der Waals surface area (Å²) in [6.45, 7) is 5.50. The van der Waals surface area contributed by atoms with Crippen molar-refractivity contribution in [3.63, 3.8) is 0 Å². The zero-order valence-electron chi connectivity index (χ0n) is 18.9. The van der Waals surface area contributed by atoms with Crippen molar-refractivity contribution >= 4 is 23.2 Å². The summed E-state index contributed by atoms with van der Waals surface area (Å²) in [4.78, 5) is 7.24. The van der Waals surface area contributed by atoms with E-state index in [0.717, 1.165) is 56.0 Å². The van der Waals surface area contributed by atoms with Crippen molar-refractivity contribution in [3.05, 3.63) is 112 Å². The highest BCUT2D eigenvalue weighted by molar-refractivity contribution is 6.35. The maximum Gasteiger partial charge on any atom is 0.140 e. The number of nitrogens with zero attached hydrogens (tertiary/aromatic N) is 3. The van der Waals surface area contributed by atoms with Gasteiger partial charge in [-0.1, -0.05) is 103 Å². The monoisotopic (exact) mass is 477 g/mol. The Hall–Kier alpha value is -2.59. The summed E-state index contributed by atoms with van der Waals surface area (Å²) in [5.74, 6) is 1.03. The zero-order chi connectivity index (χ0) is 23.0. The maximum absolute atomic E-state index is 6.53. The molecule has 0 atom stereocenters. The highest BCUT2D eigenvalue weighted by atomic mass is 35.5. The fourth-order valence-electron chi connectivity index (χ4n) is 4.05. The predicted molar refractivity (Wildman–Crippen MR) is 138 cm³/mol. The molecule has 0 aliphatic rings. The molecule has 0 aliphatic carbocycles. The minimum Gasteiger partial charge on any atom is -0.327 e. The Labute approximate surface area is 206 Å². The molecule has 5 heteroatoms. The normalized spacial score (nSPS) is 11.3. The summed E-state index contributed by atoms with van der Waals surface area (Å²) in [7, 11) is 0. The first-order chi connectivity index (χ1) is 16.1. The van der Waals surface area contributed by atoms with Crippen LogP contribution >= 0.6 is 23.2 Å². The van der Waals surface area contributed by atoms with Gasteiger partial charge < -0.3 is 4.57 Å². The Bertz CT molecular complexity index is 1160. The lowest BCUT2D eigenvalue weighted by Gasteiger charge is -2.24. The molecule has 0 unspecified atom stereocenters. The minimum absolute atomic E-state index is 0.656. The maximum atomic E-state index is 6.53. The summed E-state index contributed by atoms with van der Waals surface area (Å²) in [5, 5.41) is 1.36. The van der Waals surface area contributed by atoms with Gasteiger partial charge in [0.1, 0.15) is 5.82 Å². The van der Waals surface area contributed by atoms with Crippen LogP contribution in [0.1, 0.15) is 36.6 Å². The Morgan fingerprint density at radius 2 is 1.58 bits per heavy atom. The van der Waals surface area contributed by atoms with Crippen LogP contribution in [0.4, 0.5) is 0 Å². The van der Waals surface area contributed by atoms with Crippen LogP contribution in [0, 0.1) is 0 Å². The number of hydrogen-bond donors (Lipinski definition) is 0. The first-order valence-corrected chi connectivity index (χ1v) is 12.2. The van der Waals surface area contributed by atoms with Gasteiger partial charge in [-0.3, -0.25) is 4.90 Å². The second kappa shape index (κ2) is 11.5. The van der Waals surface area contributed by atoms with Crippen LogP contribution in [0.15, 0.2) is 85.1 Å². The molecule has 0 fully saturated rings. The molecule has 0 saturated heterocycles. The van der Waals surface area contributed by atoms with E-state index in [0.29, 0.717) is 10.0 Å². The third-order valence-electron chi connectivity index (χ3n) is 5.75. The van der Waals surface area contributed by atoms with Gasteiger partial charge in [-0.05, 0) is 29.7 Å². The molecule has 0 saturated carbocycles. The van der Waals surface area contributed by atoms with Crippen LogP contribution in [-0.4, -0.2) is 14.5 Å². The van der Waals surface area contributed by atoms with E-state index in [1.165, 1.54) is 11.3 Å². The Kier molecular flexibility index (Phi) is 8.22. The lowest BCUT2D eigenvalue weighted by molar-refractivity contribution is 0.241. The van der Waals surface area contributed by atoms with Gasteiger partial charge in [0, 0.05) is 41.8 Å². The van der Waals surface area contributed by atoms with Gasteiger partial charge in [-0.2, -0.15) is 0 Å². The molecular weight excluding hydrogens is 449 g/mol. The van der Waals surface area contributed by atoms with Crippen LogP contribution in [0.25, 0.3) is 11.4 Å². The van der Waals surface area contributed by atoms with E-state index in [2.05, 4.69) is 71.0 Å². The summed E-state index contributed by atoms with van der Waals surface area (Å²) in [6.07, 6.45) is 4.28. The van der Waals surface area contributed by atoms with Crippen molar-refractivity contribution in [3.8, 4) is 11.4 Å². The quantitative estimate of drug-likeness (QED) is 0.231. The number of imidazole rings is 1. The van der Waals surface area contributed by atoms with Crippen molar-refractivity contribution in [1.29, 1.82) is 0 Å². The molecule has 0 bridgehead atoms. The number of unbranched alkanes of at least 4 members (excludes halogenated alkanes) is 1. The van der Waals surface area contributed by atoms with Gasteiger partial charge in [-0.15, -0.1) is 0 Å². The van der Waals surface area contributed by atoms with Gasteiger partial charge >= 0.3 is 0 Å². The predicted octanol–water partition coefficient (Wildman–Crippen LogP) is 7.86. The fraction of sp³-hybridized carbons (Fsp3) is 0.250. The SMILES string of the molecule is CCCCn1c(CN(Cc2ccccc2)Cc2ccc(Cl)cc2Cl)cnc1-c1ccccc1. The largest absolute Gasteiger partial charge is 0.327 e. The first-order valence-electron chi connectivity index (χ1n) is 11.4. The number of halogens is 2. The van der Waals surface area contributed by atoms with Crippen LogP contribution in [-0.2, 0) is 26.2 Å². The average molecular weight is 478 g/mol. The van der Waals surface area contributed by atoms with Crippen molar-refractivity contribution < 1.29 is 0 Å². The topological polar surface area (TPSA) is 21.1 Å². The van der Waals surface area contributed by atoms with E-state index in [9.17, 15) is 0 Å². The third kappa shape index (κ3) is 6.26. The van der Waals surface area contributed by atoms with Crippen LogP contribution < -0.4 is 0 Å². The van der Waals surface area contributed by atoms with E-state index in [4.69, 9.17) is 28.2 Å². The second-order valence-electron chi connectivity index (χ2n) is 8.31. The Balaban J connectivity index is 1.65. The molecule has 0 aliphatic heterocycles. The summed E-state index contributed by atoms with van der Waals surface area (Å²) < 4.78 is 2.38. The van der Waals surface area contributed by atoms with E-state index >= 15 is 0 Å². The van der Waals surface area contributed by atoms with Crippen molar-refractivity contribution in [2.24, 2.45) is 0 Å². The number of benzene rings is 3. The Morgan fingerprint density at radius 3 is 2.27 bits per heavy atom. The summed E-state index contributed by atoms with van der Waals surface area (Å²) >= 11 is 12.7. The lowest BCUT2D eigenvalue weighted by Crippen LogP contribution is -2.24. The average Bonchev–Trinajstić information content (AvgIpc) is 3.23. The third-order valence-corrected chi connectivity index (χ3v) is 6.34. The van der Waals surface area contributed by atoms with Gasteiger partial charge in [-0.25, -0.2) is 4.98 Å². The molecular formula is C28H29Cl2N3. The molecule has 0 N–H and O–H groups in total. The molecule has 4 aromatic rings. The zero-order valence-corrected chi connectivity index (χ0v) is 20.4. The van der Waals surface area contributed by atoms with Gasteiger partial charge in [0.15, 0.2) is 0 Å². The number of rotatable bonds is 10. The van der Waals surface area contributed by atoms with E-state index < -0.39 is 0 Å². The molecule has 0 radical (unpaired) electrons. The summed E-state index contributed by atoms with van der Waals surface area (Å²) in [5.41, 5.74) is 4.70. The van der Waals surface area contributed by atoms with Gasteiger partial charge in [0.2, 0.25) is 0 Å². The first kappa shape index (κ1) is 23.6. The molecule has 1 heterocycles. The van der Waals surface area contributed by atoms with Gasteiger partial charge in [0.25, 0.3) is 0 Å². The molecule has 3 aromatic carbocycles. The van der Waals surface area contributed by atoms with E-state index in [1.54, 1.807) is 0 Å². The number of aromatic nitrogens is 2. The fourth-order valence-corrected chi connectivity index (χ4v) is 4.52. The highest BCUT2D eigenvalue weighted by Crippen LogP contribution is 2.26. The lowest BCUT2D eigenvalue weighted by atomic mass is 10.1. The number of hydrogen-bond acceptors (Lipinski definition) is 2.